The summed E-state index contributed by atoms with van der Waals surface area (Å²) in [5.74, 6) is -2.04. The van der Waals surface area contributed by atoms with Crippen molar-refractivity contribution >= 4 is 51.6 Å². The molecule has 1 aliphatic heterocycles. The summed E-state index contributed by atoms with van der Waals surface area (Å²) in [4.78, 5) is 25.0. The van der Waals surface area contributed by atoms with Gasteiger partial charge in [0.25, 0.3) is 0 Å². The molecule has 1 saturated heterocycles. The smallest absolute Gasteiger partial charge is 0.373 e. The number of nitrogens with two attached hydrogens (primary N) is 1. The monoisotopic (exact) mass is 543 g/mol. The van der Waals surface area contributed by atoms with Crippen LogP contribution >= 0.6 is 23.2 Å². The molecule has 0 saturated carbocycles. The largest absolute Gasteiger partial charge is 0.433 e. The van der Waals surface area contributed by atoms with Gasteiger partial charge in [0.05, 0.1) is 21.1 Å². The summed E-state index contributed by atoms with van der Waals surface area (Å²) in [5, 5.41) is 6.87. The van der Waals surface area contributed by atoms with Crippen molar-refractivity contribution in [3.63, 3.8) is 0 Å². The number of amides is 2. The van der Waals surface area contributed by atoms with Crippen molar-refractivity contribution in [2.75, 3.05) is 18.4 Å². The Hall–Kier alpha value is -3.31. The van der Waals surface area contributed by atoms with Crippen LogP contribution in [0.15, 0.2) is 43.0 Å². The number of halogens is 6. The van der Waals surface area contributed by atoms with Gasteiger partial charge in [-0.15, -0.1) is 0 Å². The summed E-state index contributed by atoms with van der Waals surface area (Å²) in [7, 11) is 0. The topological polar surface area (TPSA) is 93.3 Å². The first-order valence-electron chi connectivity index (χ1n) is 10.6. The number of nitrogens with one attached hydrogen (secondary N) is 1. The molecule has 1 fully saturated rings. The average molecular weight is 544 g/mol. The van der Waals surface area contributed by atoms with Gasteiger partial charge in [0.15, 0.2) is 5.69 Å². The number of carbonyl (C=O) groups is 2. The zero-order chi connectivity index (χ0) is 26.4. The minimum Gasteiger partial charge on any atom is -0.373 e. The number of benzene rings is 2. The Morgan fingerprint density at radius 1 is 1.25 bits per heavy atom. The Labute approximate surface area is 212 Å². The molecule has 36 heavy (non-hydrogen) atoms. The van der Waals surface area contributed by atoms with E-state index in [1.807, 2.05) is 0 Å². The van der Waals surface area contributed by atoms with Gasteiger partial charge in [-0.3, -0.25) is 9.59 Å². The van der Waals surface area contributed by atoms with Gasteiger partial charge in [-0.1, -0.05) is 29.8 Å². The predicted octanol–water partition coefficient (Wildman–Crippen LogP) is 4.71. The number of carbonyl (C=O) groups excluding carboxylic acids is 2. The van der Waals surface area contributed by atoms with Gasteiger partial charge in [0.1, 0.15) is 12.4 Å². The van der Waals surface area contributed by atoms with E-state index < -0.39 is 35.7 Å². The van der Waals surface area contributed by atoms with Gasteiger partial charge in [0.2, 0.25) is 11.8 Å². The van der Waals surface area contributed by atoms with Gasteiger partial charge >= 0.3 is 6.18 Å². The van der Waals surface area contributed by atoms with E-state index in [1.54, 1.807) is 0 Å². The summed E-state index contributed by atoms with van der Waals surface area (Å²) in [6.45, 7) is 2.92. The fourth-order valence-corrected chi connectivity index (χ4v) is 5.00. The number of nitrogens with zero attached hydrogens (tertiary/aromatic N) is 3. The molecule has 1 aromatic heterocycles. The molecule has 2 aromatic carbocycles. The predicted molar refractivity (Wildman–Crippen MR) is 127 cm³/mol. The van der Waals surface area contributed by atoms with Crippen LogP contribution in [-0.4, -0.2) is 39.6 Å². The number of alkyl halides is 3. The van der Waals surface area contributed by atoms with Crippen LogP contribution in [0, 0.1) is 5.82 Å². The van der Waals surface area contributed by atoms with Crippen LogP contribution in [0.4, 0.5) is 23.2 Å². The van der Waals surface area contributed by atoms with Gasteiger partial charge in [-0.25, -0.2) is 9.07 Å². The number of aromatic nitrogens is 2. The summed E-state index contributed by atoms with van der Waals surface area (Å²) in [5.41, 5.74) is 2.94. The fraction of sp³-hybridized carbons (Fsp3) is 0.261. The number of fused-ring (bicyclic) bond motifs is 1. The van der Waals surface area contributed by atoms with Crippen molar-refractivity contribution < 1.29 is 27.2 Å². The number of hydrogen-bond acceptors (Lipinski definition) is 4. The molecule has 0 unspecified atom stereocenters. The molecule has 0 bridgehead atoms. The van der Waals surface area contributed by atoms with Crippen molar-refractivity contribution in [2.45, 2.75) is 24.7 Å². The second-order valence-corrected chi connectivity index (χ2v) is 9.13. The van der Waals surface area contributed by atoms with E-state index in [2.05, 4.69) is 17.0 Å². The lowest BCUT2D eigenvalue weighted by molar-refractivity contribution is -0.143. The minimum atomic E-state index is -4.80. The van der Waals surface area contributed by atoms with Crippen LogP contribution in [0.2, 0.25) is 10.0 Å². The van der Waals surface area contributed by atoms with Crippen molar-refractivity contribution in [3.8, 4) is 0 Å². The van der Waals surface area contributed by atoms with Crippen molar-refractivity contribution in [1.82, 2.24) is 14.7 Å². The molecule has 2 amide bonds. The van der Waals surface area contributed by atoms with Crippen molar-refractivity contribution in [2.24, 2.45) is 5.73 Å². The lowest BCUT2D eigenvalue weighted by Crippen LogP contribution is -2.41. The Kier molecular flexibility index (Phi) is 6.65. The summed E-state index contributed by atoms with van der Waals surface area (Å²) in [6, 6.07) is 6.34. The normalized spacial score (nSPS) is 18.0. The molecule has 1 aliphatic rings. The highest BCUT2D eigenvalue weighted by atomic mass is 35.5. The average Bonchev–Trinajstić information content (AvgIpc) is 3.37. The molecule has 7 nitrogen and oxygen atoms in total. The highest BCUT2D eigenvalue weighted by Crippen LogP contribution is 2.44. The number of rotatable bonds is 6. The van der Waals surface area contributed by atoms with Gasteiger partial charge in [0, 0.05) is 29.7 Å². The molecule has 0 radical (unpaired) electrons. The third-order valence-corrected chi connectivity index (χ3v) is 6.78. The molecule has 13 heteroatoms. The fourth-order valence-electron chi connectivity index (χ4n) is 4.51. The Balaban J connectivity index is 1.83. The maximum absolute atomic E-state index is 15.1. The van der Waals surface area contributed by atoms with E-state index >= 15 is 4.39 Å². The standard InChI is InChI=1S/C23H19Cl2F4N5O2/c1-2-18(36)33-8-7-22(11-33,19-15(26)6-5-14(24)20(19)25)31-12-3-4-13-16(9-12)32-34(10-17(30)35)21(13)23(27,28)29/h2-6,9,31H,1,7-8,10-11H2,(H2,30,35)/t22-/m1/s1. The molecule has 0 aliphatic carbocycles. The van der Waals surface area contributed by atoms with Crippen molar-refractivity contribution in [3.05, 3.63) is 70.1 Å². The van der Waals surface area contributed by atoms with E-state index in [9.17, 15) is 22.8 Å². The van der Waals surface area contributed by atoms with E-state index in [4.69, 9.17) is 28.9 Å². The van der Waals surface area contributed by atoms with Crippen LogP contribution in [-0.2, 0) is 27.8 Å². The third-order valence-electron chi connectivity index (χ3n) is 5.98. The van der Waals surface area contributed by atoms with Crippen LogP contribution < -0.4 is 11.1 Å². The summed E-state index contributed by atoms with van der Waals surface area (Å²) < 4.78 is 56.7. The molecule has 2 heterocycles. The number of anilines is 1. The molecular formula is C23H19Cl2F4N5O2. The quantitative estimate of drug-likeness (QED) is 0.267. The molecular weight excluding hydrogens is 525 g/mol. The Bertz CT molecular complexity index is 1390. The SMILES string of the molecule is C=CC(=O)N1CC[C@](Nc2ccc3c(C(F)(F)F)n(CC(N)=O)nc3c2)(c2c(F)ccc(Cl)c2Cl)C1. The zero-order valence-corrected chi connectivity index (χ0v) is 20.0. The van der Waals surface area contributed by atoms with Crippen molar-refractivity contribution in [1.29, 1.82) is 0 Å². The first kappa shape index (κ1) is 25.8. The van der Waals surface area contributed by atoms with Gasteiger partial charge in [-0.2, -0.15) is 18.3 Å². The lowest BCUT2D eigenvalue weighted by Gasteiger charge is -2.33. The molecule has 3 N–H and O–H groups in total. The Morgan fingerprint density at radius 2 is 1.97 bits per heavy atom. The van der Waals surface area contributed by atoms with Crippen LogP contribution in [0.5, 0.6) is 0 Å². The number of likely N-dealkylation sites (tertiary alicyclic amines) is 1. The number of hydrogen-bond donors (Lipinski definition) is 2. The highest BCUT2D eigenvalue weighted by molar-refractivity contribution is 6.42. The van der Waals surface area contributed by atoms with E-state index in [1.165, 1.54) is 29.2 Å². The van der Waals surface area contributed by atoms with Crippen LogP contribution in [0.3, 0.4) is 0 Å². The molecule has 3 aromatic rings. The zero-order valence-electron chi connectivity index (χ0n) is 18.5. The van der Waals surface area contributed by atoms with Crippen LogP contribution in [0.25, 0.3) is 10.9 Å². The number of primary amides is 1. The van der Waals surface area contributed by atoms with Crippen LogP contribution in [0.1, 0.15) is 17.7 Å². The first-order valence-corrected chi connectivity index (χ1v) is 11.3. The molecule has 0 spiro atoms. The van der Waals surface area contributed by atoms with E-state index in [0.717, 1.165) is 12.1 Å². The molecule has 4 rings (SSSR count). The maximum Gasteiger partial charge on any atom is 0.433 e. The maximum atomic E-state index is 15.1. The molecule has 1 atom stereocenters. The second-order valence-electron chi connectivity index (χ2n) is 8.34. The van der Waals surface area contributed by atoms with Gasteiger partial charge < -0.3 is 16.0 Å². The summed E-state index contributed by atoms with van der Waals surface area (Å²) >= 11 is 12.6. The Morgan fingerprint density at radius 3 is 2.61 bits per heavy atom. The first-order chi connectivity index (χ1) is 16.9. The molecule has 190 valence electrons. The van der Waals surface area contributed by atoms with E-state index in [0.29, 0.717) is 4.68 Å². The lowest BCUT2D eigenvalue weighted by atomic mass is 9.87. The summed E-state index contributed by atoms with van der Waals surface area (Å²) in [6.07, 6.45) is -3.46. The van der Waals surface area contributed by atoms with E-state index in [-0.39, 0.29) is 57.6 Å². The second kappa shape index (κ2) is 9.29. The van der Waals surface area contributed by atoms with Gasteiger partial charge in [-0.05, 0) is 42.8 Å². The third kappa shape index (κ3) is 4.60. The minimum absolute atomic E-state index is 0.0171. The highest BCUT2D eigenvalue weighted by Gasteiger charge is 2.45.